The van der Waals surface area contributed by atoms with Gasteiger partial charge in [0.05, 0.1) is 19.3 Å². The standard InChI is InChI=1S/C14H23N3O3/c18-7-6-17-11-13(8-15-17)10-16-5-1-2-12(9-16)3-4-14(19)20/h8,11-12,18H,1-7,9-10H2,(H,19,20). The summed E-state index contributed by atoms with van der Waals surface area (Å²) < 4.78 is 1.75. The molecule has 1 atom stereocenters. The predicted octanol–water partition coefficient (Wildman–Crippen LogP) is 0.952. The molecule has 6 heteroatoms. The van der Waals surface area contributed by atoms with Crippen molar-refractivity contribution < 1.29 is 15.0 Å². The Morgan fingerprint density at radius 1 is 1.50 bits per heavy atom. The quantitative estimate of drug-likeness (QED) is 0.778. The van der Waals surface area contributed by atoms with Gasteiger partial charge in [0.1, 0.15) is 0 Å². The molecule has 1 aliphatic heterocycles. The molecule has 0 aliphatic carbocycles. The van der Waals surface area contributed by atoms with Gasteiger partial charge in [0, 0.05) is 31.3 Å². The fraction of sp³-hybridized carbons (Fsp3) is 0.714. The SMILES string of the molecule is O=C(O)CCC1CCCN(Cc2cnn(CCO)c2)C1. The van der Waals surface area contributed by atoms with Crippen molar-refractivity contribution in [2.24, 2.45) is 5.92 Å². The van der Waals surface area contributed by atoms with Crippen molar-refractivity contribution in [2.75, 3.05) is 19.7 Å². The number of aliphatic hydroxyl groups is 1. The molecule has 1 aromatic heterocycles. The van der Waals surface area contributed by atoms with Gasteiger partial charge in [-0.2, -0.15) is 5.10 Å². The Balaban J connectivity index is 1.80. The topological polar surface area (TPSA) is 78.6 Å². The number of hydrogen-bond donors (Lipinski definition) is 2. The first-order valence-corrected chi connectivity index (χ1v) is 7.23. The van der Waals surface area contributed by atoms with E-state index in [1.54, 1.807) is 4.68 Å². The zero-order valence-electron chi connectivity index (χ0n) is 11.7. The molecule has 0 aromatic carbocycles. The van der Waals surface area contributed by atoms with E-state index in [4.69, 9.17) is 10.2 Å². The Morgan fingerprint density at radius 2 is 2.35 bits per heavy atom. The minimum absolute atomic E-state index is 0.0993. The lowest BCUT2D eigenvalue weighted by Crippen LogP contribution is -2.35. The Labute approximate surface area is 119 Å². The minimum Gasteiger partial charge on any atom is -0.481 e. The highest BCUT2D eigenvalue weighted by atomic mass is 16.4. The van der Waals surface area contributed by atoms with Crippen LogP contribution in [-0.4, -0.2) is 50.6 Å². The van der Waals surface area contributed by atoms with Crippen LogP contribution in [0.15, 0.2) is 12.4 Å². The van der Waals surface area contributed by atoms with Crippen LogP contribution in [0.1, 0.15) is 31.2 Å². The van der Waals surface area contributed by atoms with E-state index in [2.05, 4.69) is 10.00 Å². The van der Waals surface area contributed by atoms with Crippen molar-refractivity contribution in [3.05, 3.63) is 18.0 Å². The van der Waals surface area contributed by atoms with Gasteiger partial charge in [0.15, 0.2) is 0 Å². The molecule has 0 bridgehead atoms. The van der Waals surface area contributed by atoms with E-state index in [-0.39, 0.29) is 13.0 Å². The molecule has 112 valence electrons. The number of aliphatic carboxylic acids is 1. The molecule has 2 rings (SSSR count). The molecule has 2 N–H and O–H groups in total. The Kier molecular flexibility index (Phi) is 5.55. The van der Waals surface area contributed by atoms with Crippen molar-refractivity contribution >= 4 is 5.97 Å². The molecule has 0 saturated carbocycles. The highest BCUT2D eigenvalue weighted by Gasteiger charge is 2.20. The monoisotopic (exact) mass is 281 g/mol. The van der Waals surface area contributed by atoms with Gasteiger partial charge < -0.3 is 10.2 Å². The number of carboxylic acid groups (broad SMARTS) is 1. The molecule has 1 aliphatic rings. The van der Waals surface area contributed by atoms with Gasteiger partial charge in [0.25, 0.3) is 0 Å². The van der Waals surface area contributed by atoms with E-state index in [1.807, 2.05) is 12.4 Å². The van der Waals surface area contributed by atoms with Gasteiger partial charge in [-0.3, -0.25) is 14.4 Å². The Morgan fingerprint density at radius 3 is 3.10 bits per heavy atom. The second-order valence-corrected chi connectivity index (χ2v) is 5.51. The number of nitrogens with zero attached hydrogens (tertiary/aromatic N) is 3. The van der Waals surface area contributed by atoms with Crippen molar-refractivity contribution in [3.63, 3.8) is 0 Å². The summed E-state index contributed by atoms with van der Waals surface area (Å²) in [5, 5.41) is 21.8. The first-order chi connectivity index (χ1) is 9.67. The van der Waals surface area contributed by atoms with Crippen molar-refractivity contribution in [1.29, 1.82) is 0 Å². The lowest BCUT2D eigenvalue weighted by molar-refractivity contribution is -0.137. The number of carboxylic acids is 1. The van der Waals surface area contributed by atoms with Crippen LogP contribution in [0.4, 0.5) is 0 Å². The maximum Gasteiger partial charge on any atom is 0.303 e. The highest BCUT2D eigenvalue weighted by molar-refractivity contribution is 5.66. The van der Waals surface area contributed by atoms with Crippen molar-refractivity contribution in [3.8, 4) is 0 Å². The number of piperidine rings is 1. The number of carbonyl (C=O) groups is 1. The third kappa shape index (κ3) is 4.61. The second kappa shape index (κ2) is 7.40. The molecule has 0 amide bonds. The van der Waals surface area contributed by atoms with Gasteiger partial charge >= 0.3 is 5.97 Å². The number of aliphatic hydroxyl groups excluding tert-OH is 1. The molecular weight excluding hydrogens is 258 g/mol. The summed E-state index contributed by atoms with van der Waals surface area (Å²) in [5.74, 6) is -0.209. The third-order valence-corrected chi connectivity index (χ3v) is 3.79. The number of aromatic nitrogens is 2. The van der Waals surface area contributed by atoms with Crippen LogP contribution < -0.4 is 0 Å². The normalized spacial score (nSPS) is 20.1. The van der Waals surface area contributed by atoms with Crippen molar-refractivity contribution in [1.82, 2.24) is 14.7 Å². The van der Waals surface area contributed by atoms with Gasteiger partial charge in [0.2, 0.25) is 0 Å². The van der Waals surface area contributed by atoms with Crippen LogP contribution in [0.25, 0.3) is 0 Å². The van der Waals surface area contributed by atoms with Crippen LogP contribution in [0.5, 0.6) is 0 Å². The number of hydrogen-bond acceptors (Lipinski definition) is 4. The molecule has 2 heterocycles. The van der Waals surface area contributed by atoms with Crippen LogP contribution in [0.3, 0.4) is 0 Å². The summed E-state index contributed by atoms with van der Waals surface area (Å²) in [4.78, 5) is 13.0. The average Bonchev–Trinajstić information content (AvgIpc) is 2.85. The molecular formula is C14H23N3O3. The van der Waals surface area contributed by atoms with Crippen LogP contribution in [-0.2, 0) is 17.9 Å². The lowest BCUT2D eigenvalue weighted by atomic mass is 9.93. The summed E-state index contributed by atoms with van der Waals surface area (Å²) >= 11 is 0. The van der Waals surface area contributed by atoms with E-state index in [0.29, 0.717) is 12.5 Å². The summed E-state index contributed by atoms with van der Waals surface area (Å²) in [7, 11) is 0. The fourth-order valence-electron chi connectivity index (χ4n) is 2.83. The maximum absolute atomic E-state index is 10.6. The molecule has 1 aromatic rings. The largest absolute Gasteiger partial charge is 0.481 e. The van der Waals surface area contributed by atoms with Crippen LogP contribution >= 0.6 is 0 Å². The van der Waals surface area contributed by atoms with Crippen LogP contribution in [0.2, 0.25) is 0 Å². The van der Waals surface area contributed by atoms with E-state index in [0.717, 1.165) is 44.5 Å². The van der Waals surface area contributed by atoms with Gasteiger partial charge in [-0.15, -0.1) is 0 Å². The van der Waals surface area contributed by atoms with Gasteiger partial charge in [-0.25, -0.2) is 0 Å². The summed E-state index contributed by atoms with van der Waals surface area (Å²) in [6.45, 7) is 3.52. The van der Waals surface area contributed by atoms with Gasteiger partial charge in [-0.05, 0) is 31.7 Å². The second-order valence-electron chi connectivity index (χ2n) is 5.51. The predicted molar refractivity (Wildman–Crippen MR) is 74.2 cm³/mol. The first-order valence-electron chi connectivity index (χ1n) is 7.23. The lowest BCUT2D eigenvalue weighted by Gasteiger charge is -2.32. The Hall–Kier alpha value is -1.40. The molecule has 0 spiro atoms. The molecule has 1 unspecified atom stereocenters. The summed E-state index contributed by atoms with van der Waals surface area (Å²) in [5.41, 5.74) is 1.15. The fourth-order valence-corrected chi connectivity index (χ4v) is 2.83. The zero-order valence-corrected chi connectivity index (χ0v) is 11.7. The molecule has 0 radical (unpaired) electrons. The average molecular weight is 281 g/mol. The third-order valence-electron chi connectivity index (χ3n) is 3.79. The van der Waals surface area contributed by atoms with E-state index in [9.17, 15) is 4.79 Å². The van der Waals surface area contributed by atoms with Crippen molar-refractivity contribution in [2.45, 2.75) is 38.8 Å². The first kappa shape index (κ1) is 15.0. The Bertz CT molecular complexity index is 433. The molecule has 6 nitrogen and oxygen atoms in total. The maximum atomic E-state index is 10.6. The van der Waals surface area contributed by atoms with E-state index < -0.39 is 5.97 Å². The summed E-state index contributed by atoms with van der Waals surface area (Å²) in [6, 6.07) is 0. The van der Waals surface area contributed by atoms with E-state index in [1.165, 1.54) is 0 Å². The summed E-state index contributed by atoms with van der Waals surface area (Å²) in [6.07, 6.45) is 7.12. The van der Waals surface area contributed by atoms with E-state index >= 15 is 0 Å². The minimum atomic E-state index is -0.701. The molecule has 1 saturated heterocycles. The van der Waals surface area contributed by atoms with Crippen LogP contribution in [0, 0.1) is 5.92 Å². The smallest absolute Gasteiger partial charge is 0.303 e. The molecule has 1 fully saturated rings. The zero-order chi connectivity index (χ0) is 14.4. The van der Waals surface area contributed by atoms with Gasteiger partial charge in [-0.1, -0.05) is 0 Å². The number of rotatable bonds is 7. The highest BCUT2D eigenvalue weighted by Crippen LogP contribution is 2.22. The number of likely N-dealkylation sites (tertiary alicyclic amines) is 1. The molecule has 20 heavy (non-hydrogen) atoms.